The molecule has 5 heterocycles. The summed E-state index contributed by atoms with van der Waals surface area (Å²) in [4.78, 5) is 68.1. The second-order valence-electron chi connectivity index (χ2n) is 14.0. The Labute approximate surface area is 352 Å². The molecule has 0 amide bonds. The minimum absolute atomic E-state index is 0. The number of aromatic carboxylic acids is 4. The van der Waals surface area contributed by atoms with Crippen LogP contribution in [-0.4, -0.2) is 67.2 Å². The molecule has 0 radical (unpaired) electrons. The van der Waals surface area contributed by atoms with E-state index < -0.39 is 23.9 Å². The Morgan fingerprint density at radius 3 is 1.23 bits per heavy atom. The van der Waals surface area contributed by atoms with Gasteiger partial charge in [0.25, 0.3) is 0 Å². The summed E-state index contributed by atoms with van der Waals surface area (Å²) in [5.41, 5.74) is 9.05. The van der Waals surface area contributed by atoms with Gasteiger partial charge in [-0.1, -0.05) is 48.5 Å². The Balaban J connectivity index is 0.00000514. The minimum atomic E-state index is -1.12. The summed E-state index contributed by atoms with van der Waals surface area (Å²) in [5.74, 6) is -4.43. The molecule has 9 rings (SSSR count). The summed E-state index contributed by atoms with van der Waals surface area (Å²) in [6, 6.07) is 25.3. The standard InChI is InChI=1S/C48H28N4O8.ClH/c53-45(54)29-9-1-25(2-10-29)38-23-37-22-35-18-17-33(49-35)21-34-19-20-36(50-34)24-39-40(26-3-11-30(12-4-26)46(55)56)41(27-5-13-31(14-6-27)47(57)58)44(52-39)42(43(38)51-37)28-7-15-32(16-8-28)48(59)60;/h1-24H,(H,53,54)(H,55,56)(H,57,58)(H,59,60);1H. The maximum Gasteiger partial charge on any atom is 0.335 e. The summed E-state index contributed by atoms with van der Waals surface area (Å²) >= 11 is 0. The number of rotatable bonds is 8. The number of hydrogen-bond acceptors (Lipinski definition) is 8. The van der Waals surface area contributed by atoms with Crippen molar-refractivity contribution < 1.29 is 39.6 Å². The van der Waals surface area contributed by atoms with E-state index in [-0.39, 0.29) is 34.7 Å². The molecule has 5 aliphatic rings. The SMILES string of the molecule is Cl.O=C(O)c1ccc(C2=CC3=CC4=NC(=CC5=NC(=CC6=NC(=C(c7ccc(C(=O)O)cc7)C2=N3)C(c2ccc(C(=O)O)cc2)=C6c2ccc(C(=O)O)cc2)C=C5)C=C4)cc1. The Hall–Kier alpha value is -8.35. The Morgan fingerprint density at radius 2 is 0.770 bits per heavy atom. The number of carboxylic acid groups (broad SMARTS) is 4. The topological polar surface area (TPSA) is 199 Å². The fraction of sp³-hybridized carbons (Fsp3) is 0. The molecule has 0 unspecified atom stereocenters. The second-order valence-corrected chi connectivity index (χ2v) is 14.0. The van der Waals surface area contributed by atoms with Gasteiger partial charge in [-0.2, -0.15) is 0 Å². The molecule has 8 bridgehead atoms. The number of aliphatic imine (C=N–C) groups is 4. The number of carboxylic acids is 4. The van der Waals surface area contributed by atoms with Crippen LogP contribution in [-0.2, 0) is 0 Å². The molecule has 0 saturated carbocycles. The van der Waals surface area contributed by atoms with Crippen molar-refractivity contribution in [3.8, 4) is 0 Å². The van der Waals surface area contributed by atoms with Crippen molar-refractivity contribution in [2.45, 2.75) is 0 Å². The van der Waals surface area contributed by atoms with Gasteiger partial charge in [0.2, 0.25) is 0 Å². The number of hydrogen-bond donors (Lipinski definition) is 4. The van der Waals surface area contributed by atoms with Crippen molar-refractivity contribution in [1.82, 2.24) is 0 Å². The van der Waals surface area contributed by atoms with E-state index in [1.54, 1.807) is 54.6 Å². The number of halogens is 1. The smallest absolute Gasteiger partial charge is 0.335 e. The third kappa shape index (κ3) is 7.57. The first kappa shape index (κ1) is 39.5. The summed E-state index contributed by atoms with van der Waals surface area (Å²) in [5, 5.41) is 39.2. The largest absolute Gasteiger partial charge is 0.478 e. The first-order chi connectivity index (χ1) is 29.0. The average molecular weight is 825 g/mol. The number of carbonyl (C=O) groups is 4. The number of fused-ring (bicyclic) bond motifs is 4. The van der Waals surface area contributed by atoms with Crippen molar-refractivity contribution in [3.05, 3.63) is 213 Å². The van der Waals surface area contributed by atoms with Crippen LogP contribution in [0.1, 0.15) is 63.7 Å². The van der Waals surface area contributed by atoms with Gasteiger partial charge < -0.3 is 20.4 Å². The van der Waals surface area contributed by atoms with Crippen LogP contribution in [0.2, 0.25) is 0 Å². The third-order valence-corrected chi connectivity index (χ3v) is 10.2. The number of nitrogens with zero attached hydrogens (tertiary/aromatic N) is 4. The molecule has 0 aromatic heterocycles. The first-order valence-electron chi connectivity index (χ1n) is 18.4. The molecular formula is C48H29ClN4O8. The Kier molecular flexibility index (Phi) is 10.2. The van der Waals surface area contributed by atoms with Crippen LogP contribution in [0.3, 0.4) is 0 Å². The van der Waals surface area contributed by atoms with Crippen LogP contribution in [0.4, 0.5) is 0 Å². The highest BCUT2D eigenvalue weighted by Gasteiger charge is 2.33. The predicted molar refractivity (Wildman–Crippen MR) is 235 cm³/mol. The molecule has 13 heteroatoms. The van der Waals surface area contributed by atoms with Gasteiger partial charge >= 0.3 is 23.9 Å². The maximum atomic E-state index is 12.1. The van der Waals surface area contributed by atoms with Crippen molar-refractivity contribution in [3.63, 3.8) is 0 Å². The van der Waals surface area contributed by atoms with Gasteiger partial charge in [-0.25, -0.2) is 39.1 Å². The molecule has 4 aromatic carbocycles. The maximum absolute atomic E-state index is 12.1. The molecule has 4 aromatic rings. The highest BCUT2D eigenvalue weighted by Crippen LogP contribution is 2.46. The zero-order valence-corrected chi connectivity index (χ0v) is 32.3. The van der Waals surface area contributed by atoms with Crippen molar-refractivity contribution in [2.75, 3.05) is 0 Å². The lowest BCUT2D eigenvalue weighted by atomic mass is 9.85. The molecule has 296 valence electrons. The van der Waals surface area contributed by atoms with Crippen molar-refractivity contribution in [1.29, 1.82) is 0 Å². The molecule has 61 heavy (non-hydrogen) atoms. The Bertz CT molecular complexity index is 3030. The molecular weight excluding hydrogens is 796 g/mol. The van der Waals surface area contributed by atoms with Crippen molar-refractivity contribution >= 4 is 81.4 Å². The molecule has 0 saturated heterocycles. The van der Waals surface area contributed by atoms with Crippen LogP contribution >= 0.6 is 12.4 Å². The second kappa shape index (κ2) is 15.8. The Morgan fingerprint density at radius 1 is 0.377 bits per heavy atom. The molecule has 5 aliphatic heterocycles. The summed E-state index contributed by atoms with van der Waals surface area (Å²) < 4.78 is 0. The molecule has 0 fully saturated rings. The zero-order chi connectivity index (χ0) is 41.7. The van der Waals surface area contributed by atoms with Crippen molar-refractivity contribution in [2.24, 2.45) is 20.0 Å². The summed E-state index contributed by atoms with van der Waals surface area (Å²) in [6.07, 6.45) is 14.7. The minimum Gasteiger partial charge on any atom is -0.478 e. The lowest BCUT2D eigenvalue weighted by Crippen LogP contribution is -2.08. The van der Waals surface area contributed by atoms with E-state index in [0.29, 0.717) is 90.2 Å². The fourth-order valence-corrected chi connectivity index (χ4v) is 7.33. The van der Waals surface area contributed by atoms with Crippen LogP contribution in [0, 0.1) is 0 Å². The van der Waals surface area contributed by atoms with Gasteiger partial charge in [0.05, 0.1) is 67.9 Å². The average Bonchev–Trinajstić information content (AvgIpc) is 4.06. The predicted octanol–water partition coefficient (Wildman–Crippen LogP) is 8.90. The highest BCUT2D eigenvalue weighted by atomic mass is 35.5. The number of benzene rings is 4. The fourth-order valence-electron chi connectivity index (χ4n) is 7.33. The summed E-state index contributed by atoms with van der Waals surface area (Å²) in [6.45, 7) is 0. The molecule has 12 nitrogen and oxygen atoms in total. The molecule has 0 spiro atoms. The van der Waals surface area contributed by atoms with Crippen LogP contribution in [0.5, 0.6) is 0 Å². The summed E-state index contributed by atoms with van der Waals surface area (Å²) in [7, 11) is 0. The van der Waals surface area contributed by atoms with Crippen LogP contribution < -0.4 is 0 Å². The van der Waals surface area contributed by atoms with Gasteiger partial charge in [-0.15, -0.1) is 12.4 Å². The van der Waals surface area contributed by atoms with Gasteiger partial charge in [0, 0.05) is 22.3 Å². The number of allylic oxidation sites excluding steroid dienone is 12. The van der Waals surface area contributed by atoms with Gasteiger partial charge in [-0.3, -0.25) is 0 Å². The van der Waals surface area contributed by atoms with Gasteiger partial charge in [-0.05, 0) is 119 Å². The van der Waals surface area contributed by atoms with E-state index >= 15 is 0 Å². The van der Waals surface area contributed by atoms with E-state index in [1.807, 2.05) is 42.5 Å². The first-order valence-corrected chi connectivity index (χ1v) is 18.4. The van der Waals surface area contributed by atoms with E-state index in [1.165, 1.54) is 48.5 Å². The molecule has 0 aliphatic carbocycles. The van der Waals surface area contributed by atoms with E-state index in [4.69, 9.17) is 20.0 Å². The monoisotopic (exact) mass is 824 g/mol. The lowest BCUT2D eigenvalue weighted by Gasteiger charge is -2.18. The van der Waals surface area contributed by atoms with E-state index in [0.717, 1.165) is 0 Å². The van der Waals surface area contributed by atoms with Gasteiger partial charge in [0.1, 0.15) is 0 Å². The zero-order valence-electron chi connectivity index (χ0n) is 31.5. The molecule has 4 N–H and O–H groups in total. The third-order valence-electron chi connectivity index (χ3n) is 10.2. The van der Waals surface area contributed by atoms with E-state index in [2.05, 4.69) is 0 Å². The molecule has 0 atom stereocenters. The highest BCUT2D eigenvalue weighted by molar-refractivity contribution is 6.50. The van der Waals surface area contributed by atoms with Crippen LogP contribution in [0.15, 0.2) is 188 Å². The van der Waals surface area contributed by atoms with Crippen LogP contribution in [0.25, 0.3) is 22.3 Å². The lowest BCUT2D eigenvalue weighted by molar-refractivity contribution is 0.0686. The van der Waals surface area contributed by atoms with Gasteiger partial charge in [0.15, 0.2) is 0 Å². The van der Waals surface area contributed by atoms with E-state index in [9.17, 15) is 39.6 Å². The normalized spacial score (nSPS) is 16.1. The quantitative estimate of drug-likeness (QED) is 0.135.